The fourth-order valence-electron chi connectivity index (χ4n) is 2.39. The fourth-order valence-corrected chi connectivity index (χ4v) is 2.79. The number of nitrogens with one attached hydrogen (secondary N) is 1. The van der Waals surface area contributed by atoms with Gasteiger partial charge in [-0.05, 0) is 43.4 Å². The number of benzene rings is 1. The van der Waals surface area contributed by atoms with Crippen molar-refractivity contribution in [3.63, 3.8) is 0 Å². The second-order valence-electron chi connectivity index (χ2n) is 5.37. The summed E-state index contributed by atoms with van der Waals surface area (Å²) in [7, 11) is 0. The number of aromatic nitrogens is 1. The number of halogens is 1. The van der Waals surface area contributed by atoms with Gasteiger partial charge in [0.1, 0.15) is 0 Å². The van der Waals surface area contributed by atoms with Gasteiger partial charge in [-0.15, -0.1) is 0 Å². The molecule has 1 aromatic heterocycles. The Morgan fingerprint density at radius 3 is 3.05 bits per heavy atom. The summed E-state index contributed by atoms with van der Waals surface area (Å²) in [5.74, 6) is 0.627. The lowest BCUT2D eigenvalue weighted by Crippen LogP contribution is -2.26. The van der Waals surface area contributed by atoms with Gasteiger partial charge in [0.25, 0.3) is 5.91 Å². The molecule has 1 aromatic carbocycles. The van der Waals surface area contributed by atoms with Gasteiger partial charge in [-0.25, -0.2) is 4.98 Å². The zero-order valence-corrected chi connectivity index (χ0v) is 13.4. The zero-order valence-electron chi connectivity index (χ0n) is 11.9. The van der Waals surface area contributed by atoms with Gasteiger partial charge in [0.05, 0.1) is 5.69 Å². The maximum Gasteiger partial charge on any atom is 0.289 e. The highest BCUT2D eigenvalue weighted by Gasteiger charge is 2.31. The summed E-state index contributed by atoms with van der Waals surface area (Å²) in [4.78, 5) is 16.3. The van der Waals surface area contributed by atoms with Crippen LogP contribution in [0.25, 0.3) is 0 Å². The Morgan fingerprint density at radius 1 is 1.48 bits per heavy atom. The van der Waals surface area contributed by atoms with Crippen LogP contribution < -0.4 is 5.32 Å². The van der Waals surface area contributed by atoms with E-state index in [1.807, 2.05) is 12.1 Å². The van der Waals surface area contributed by atoms with Crippen molar-refractivity contribution in [2.75, 3.05) is 6.54 Å². The van der Waals surface area contributed by atoms with E-state index in [-0.39, 0.29) is 5.91 Å². The Morgan fingerprint density at radius 2 is 2.29 bits per heavy atom. The first-order valence-electron chi connectivity index (χ1n) is 7.12. The molecule has 0 spiro atoms. The number of amides is 1. The highest BCUT2D eigenvalue weighted by Crippen LogP contribution is 2.40. The summed E-state index contributed by atoms with van der Waals surface area (Å²) in [5.41, 5.74) is 3.25. The molecule has 3 rings (SSSR count). The number of hydrogen-bond donors (Lipinski definition) is 1. The van der Waals surface area contributed by atoms with Gasteiger partial charge in [-0.1, -0.05) is 28.1 Å². The SMILES string of the molecule is Cc1c(Br)cccc1CCNC(=O)c1ocnc1C1CC1. The van der Waals surface area contributed by atoms with Crippen molar-refractivity contribution in [3.05, 3.63) is 51.6 Å². The monoisotopic (exact) mass is 348 g/mol. The first-order chi connectivity index (χ1) is 10.2. The second kappa shape index (κ2) is 6.02. The first kappa shape index (κ1) is 14.3. The summed E-state index contributed by atoms with van der Waals surface area (Å²) in [6.07, 6.45) is 4.36. The molecule has 0 aliphatic heterocycles. The van der Waals surface area contributed by atoms with Gasteiger partial charge in [-0.2, -0.15) is 0 Å². The van der Waals surface area contributed by atoms with E-state index in [4.69, 9.17) is 4.42 Å². The molecule has 0 unspecified atom stereocenters. The highest BCUT2D eigenvalue weighted by molar-refractivity contribution is 9.10. The van der Waals surface area contributed by atoms with Crippen molar-refractivity contribution in [1.82, 2.24) is 10.3 Å². The lowest BCUT2D eigenvalue weighted by atomic mass is 10.1. The number of carbonyl (C=O) groups excluding carboxylic acids is 1. The molecule has 1 N–H and O–H groups in total. The van der Waals surface area contributed by atoms with Crippen LogP contribution in [-0.4, -0.2) is 17.4 Å². The minimum Gasteiger partial charge on any atom is -0.438 e. The van der Waals surface area contributed by atoms with Gasteiger partial charge in [0.2, 0.25) is 5.76 Å². The van der Waals surface area contributed by atoms with Crippen LogP contribution in [-0.2, 0) is 6.42 Å². The molecule has 0 saturated heterocycles. The zero-order chi connectivity index (χ0) is 14.8. The average Bonchev–Trinajstić information content (AvgIpc) is 3.20. The minimum absolute atomic E-state index is 0.165. The Bertz CT molecular complexity index is 662. The Kier molecular flexibility index (Phi) is 4.10. The van der Waals surface area contributed by atoms with Crippen LogP contribution in [0, 0.1) is 6.92 Å². The van der Waals surface area contributed by atoms with Gasteiger partial charge in [0, 0.05) is 16.9 Å². The standard InChI is InChI=1S/C16H17BrN2O2/c1-10-11(3-2-4-13(10)17)7-8-18-16(20)15-14(12-5-6-12)19-9-21-15/h2-4,9,12H,5-8H2,1H3,(H,18,20). The van der Waals surface area contributed by atoms with E-state index in [9.17, 15) is 4.79 Å². The fraction of sp³-hybridized carbons (Fsp3) is 0.375. The van der Waals surface area contributed by atoms with Crippen molar-refractivity contribution in [1.29, 1.82) is 0 Å². The number of oxazole rings is 1. The molecule has 4 nitrogen and oxygen atoms in total. The molecule has 0 atom stereocenters. The molecule has 21 heavy (non-hydrogen) atoms. The maximum absolute atomic E-state index is 12.1. The first-order valence-corrected chi connectivity index (χ1v) is 7.91. The topological polar surface area (TPSA) is 55.1 Å². The molecule has 2 aromatic rings. The Balaban J connectivity index is 1.59. The Hall–Kier alpha value is -1.62. The number of nitrogens with zero attached hydrogens (tertiary/aromatic N) is 1. The van der Waals surface area contributed by atoms with Gasteiger partial charge >= 0.3 is 0 Å². The molecule has 5 heteroatoms. The van der Waals surface area contributed by atoms with Crippen molar-refractivity contribution < 1.29 is 9.21 Å². The van der Waals surface area contributed by atoms with Crippen molar-refractivity contribution in [3.8, 4) is 0 Å². The van der Waals surface area contributed by atoms with Crippen LogP contribution in [0.15, 0.2) is 33.5 Å². The molecule has 0 bridgehead atoms. The van der Waals surface area contributed by atoms with E-state index in [0.29, 0.717) is 18.2 Å². The Labute approximate surface area is 132 Å². The van der Waals surface area contributed by atoms with E-state index >= 15 is 0 Å². The van der Waals surface area contributed by atoms with Crippen molar-refractivity contribution >= 4 is 21.8 Å². The predicted octanol–water partition coefficient (Wildman–Crippen LogP) is 3.60. The molecule has 1 fully saturated rings. The van der Waals surface area contributed by atoms with Crippen molar-refractivity contribution in [2.24, 2.45) is 0 Å². The van der Waals surface area contributed by atoms with Gasteiger partial charge < -0.3 is 9.73 Å². The third-order valence-corrected chi connectivity index (χ3v) is 4.68. The van der Waals surface area contributed by atoms with Crippen LogP contribution in [0.1, 0.15) is 46.1 Å². The minimum atomic E-state index is -0.165. The van der Waals surface area contributed by atoms with Crippen molar-refractivity contribution in [2.45, 2.75) is 32.1 Å². The number of hydrogen-bond acceptors (Lipinski definition) is 3. The second-order valence-corrected chi connectivity index (χ2v) is 6.23. The van der Waals surface area contributed by atoms with Crippen LogP contribution in [0.5, 0.6) is 0 Å². The summed E-state index contributed by atoms with van der Waals surface area (Å²) in [6.45, 7) is 2.66. The third kappa shape index (κ3) is 3.18. The quantitative estimate of drug-likeness (QED) is 0.897. The van der Waals surface area contributed by atoms with Crippen LogP contribution in [0.2, 0.25) is 0 Å². The molecule has 0 radical (unpaired) electrons. The molecule has 1 heterocycles. The lowest BCUT2D eigenvalue weighted by Gasteiger charge is -2.08. The van der Waals surface area contributed by atoms with E-state index in [2.05, 4.69) is 39.2 Å². The van der Waals surface area contributed by atoms with Crippen LogP contribution >= 0.6 is 15.9 Å². The third-order valence-electron chi connectivity index (χ3n) is 3.83. The lowest BCUT2D eigenvalue weighted by molar-refractivity contribution is 0.0925. The average molecular weight is 349 g/mol. The molecule has 1 aliphatic rings. The van der Waals surface area contributed by atoms with E-state index in [1.54, 1.807) is 0 Å². The van der Waals surface area contributed by atoms with E-state index < -0.39 is 0 Å². The maximum atomic E-state index is 12.1. The van der Waals surface area contributed by atoms with E-state index in [1.165, 1.54) is 17.5 Å². The summed E-state index contributed by atoms with van der Waals surface area (Å²) in [6, 6.07) is 6.11. The molecule has 1 aliphatic carbocycles. The highest BCUT2D eigenvalue weighted by atomic mass is 79.9. The molecule has 1 amide bonds. The van der Waals surface area contributed by atoms with Gasteiger partial charge in [0.15, 0.2) is 6.39 Å². The normalized spacial score (nSPS) is 14.2. The number of carbonyl (C=O) groups is 1. The molecule has 110 valence electrons. The summed E-state index contributed by atoms with van der Waals surface area (Å²) < 4.78 is 6.34. The largest absolute Gasteiger partial charge is 0.438 e. The van der Waals surface area contributed by atoms with Gasteiger partial charge in [-0.3, -0.25) is 4.79 Å². The van der Waals surface area contributed by atoms with E-state index in [0.717, 1.165) is 29.4 Å². The van der Waals surface area contributed by atoms with Crippen LogP contribution in [0.3, 0.4) is 0 Å². The molecular formula is C16H17BrN2O2. The smallest absolute Gasteiger partial charge is 0.289 e. The summed E-state index contributed by atoms with van der Waals surface area (Å²) in [5, 5.41) is 2.92. The molecule has 1 saturated carbocycles. The number of rotatable bonds is 5. The molecular weight excluding hydrogens is 332 g/mol. The van der Waals surface area contributed by atoms with Crippen LogP contribution in [0.4, 0.5) is 0 Å². The summed E-state index contributed by atoms with van der Waals surface area (Å²) >= 11 is 3.52. The predicted molar refractivity (Wildman–Crippen MR) is 83.4 cm³/mol.